The largest absolute Gasteiger partial charge is 0.391 e. The molecule has 1 aliphatic heterocycles. The Bertz CT molecular complexity index is 410. The van der Waals surface area contributed by atoms with Gasteiger partial charge in [0.05, 0.1) is 0 Å². The summed E-state index contributed by atoms with van der Waals surface area (Å²) in [7, 11) is 0. The number of rotatable bonds is 4. The predicted octanol–water partition coefficient (Wildman–Crippen LogP) is 3.35. The van der Waals surface area contributed by atoms with Crippen LogP contribution in [0.2, 0.25) is 0 Å². The SMILES string of the molecule is C/C=C\C1(/C=C\C)C(=O)OC(=O)C1(/C=C\C)/C=C/C. The van der Waals surface area contributed by atoms with Crippen LogP contribution in [0.4, 0.5) is 0 Å². The van der Waals surface area contributed by atoms with E-state index in [9.17, 15) is 9.59 Å². The number of hydrogen-bond donors (Lipinski definition) is 0. The zero-order valence-corrected chi connectivity index (χ0v) is 11.8. The summed E-state index contributed by atoms with van der Waals surface area (Å²) in [5.74, 6) is -1.07. The molecule has 0 aromatic heterocycles. The molecule has 1 atom stereocenters. The molecule has 1 rings (SSSR count). The van der Waals surface area contributed by atoms with Gasteiger partial charge in [0.2, 0.25) is 0 Å². The Kier molecular flexibility index (Phi) is 4.65. The Morgan fingerprint density at radius 3 is 1.16 bits per heavy atom. The van der Waals surface area contributed by atoms with Gasteiger partial charge in [-0.15, -0.1) is 0 Å². The second-order valence-corrected chi connectivity index (χ2v) is 4.42. The highest BCUT2D eigenvalue weighted by Crippen LogP contribution is 2.51. The molecule has 3 nitrogen and oxygen atoms in total. The van der Waals surface area contributed by atoms with Gasteiger partial charge in [-0.05, 0) is 27.7 Å². The summed E-state index contributed by atoms with van der Waals surface area (Å²) in [6, 6.07) is 0. The van der Waals surface area contributed by atoms with E-state index in [1.54, 1.807) is 48.6 Å². The minimum atomic E-state index is -1.10. The monoisotopic (exact) mass is 260 g/mol. The summed E-state index contributed by atoms with van der Waals surface area (Å²) in [5, 5.41) is 0. The maximum Gasteiger partial charge on any atom is 0.329 e. The highest BCUT2D eigenvalue weighted by atomic mass is 16.6. The highest BCUT2D eigenvalue weighted by Gasteiger charge is 2.63. The molecule has 3 heteroatoms. The molecule has 0 amide bonds. The number of allylic oxidation sites excluding steroid dienone is 4. The van der Waals surface area contributed by atoms with E-state index in [1.807, 2.05) is 27.7 Å². The standard InChI is InChI=1S/C16H20O3/c1-5-9-15(10-6-2)13(17)19-14(18)16(15,11-7-3)12-8-4/h5-12H,1-4H3/b9-5-,10-6-,11-7-,12-8+. The molecule has 1 saturated heterocycles. The minimum Gasteiger partial charge on any atom is -0.391 e. The summed E-state index contributed by atoms with van der Waals surface area (Å²) in [5.41, 5.74) is -2.21. The third kappa shape index (κ3) is 2.09. The van der Waals surface area contributed by atoms with E-state index < -0.39 is 22.8 Å². The van der Waals surface area contributed by atoms with Crippen LogP contribution in [0.1, 0.15) is 27.7 Å². The van der Waals surface area contributed by atoms with Gasteiger partial charge in [0, 0.05) is 0 Å². The first kappa shape index (κ1) is 15.2. The molecule has 1 aliphatic rings. The zero-order valence-electron chi connectivity index (χ0n) is 11.8. The molecule has 0 aliphatic carbocycles. The van der Waals surface area contributed by atoms with E-state index >= 15 is 0 Å². The second kappa shape index (κ2) is 5.83. The minimum absolute atomic E-state index is 0.537. The molecule has 102 valence electrons. The van der Waals surface area contributed by atoms with Crippen LogP contribution in [0.5, 0.6) is 0 Å². The predicted molar refractivity (Wildman–Crippen MR) is 75.2 cm³/mol. The van der Waals surface area contributed by atoms with Crippen LogP contribution in [0.25, 0.3) is 0 Å². The molecule has 0 spiro atoms. The van der Waals surface area contributed by atoms with E-state index in [0.717, 1.165) is 0 Å². The summed E-state index contributed by atoms with van der Waals surface area (Å²) >= 11 is 0. The molecule has 0 saturated carbocycles. The molecule has 0 N–H and O–H groups in total. The lowest BCUT2D eigenvalue weighted by molar-refractivity contribution is -0.154. The van der Waals surface area contributed by atoms with Gasteiger partial charge < -0.3 is 4.74 Å². The lowest BCUT2D eigenvalue weighted by Crippen LogP contribution is -2.39. The lowest BCUT2D eigenvalue weighted by atomic mass is 9.63. The van der Waals surface area contributed by atoms with Crippen molar-refractivity contribution in [2.45, 2.75) is 27.7 Å². The number of hydrogen-bond acceptors (Lipinski definition) is 3. The Hall–Kier alpha value is -1.90. The van der Waals surface area contributed by atoms with Gasteiger partial charge in [0.15, 0.2) is 0 Å². The fourth-order valence-electron chi connectivity index (χ4n) is 2.58. The number of cyclic esters (lactones) is 2. The van der Waals surface area contributed by atoms with Crippen molar-refractivity contribution in [2.75, 3.05) is 0 Å². The van der Waals surface area contributed by atoms with Crippen LogP contribution < -0.4 is 0 Å². The highest BCUT2D eigenvalue weighted by molar-refractivity contribution is 6.06. The Labute approximate surface area is 114 Å². The first-order valence-electron chi connectivity index (χ1n) is 6.36. The van der Waals surface area contributed by atoms with Gasteiger partial charge in [0.25, 0.3) is 0 Å². The van der Waals surface area contributed by atoms with Crippen molar-refractivity contribution in [2.24, 2.45) is 10.8 Å². The molecule has 0 aromatic carbocycles. The average molecular weight is 260 g/mol. The van der Waals surface area contributed by atoms with Crippen LogP contribution >= 0.6 is 0 Å². The third-order valence-corrected chi connectivity index (χ3v) is 3.26. The zero-order chi connectivity index (χ0) is 14.5. The Balaban J connectivity index is 3.70. The van der Waals surface area contributed by atoms with E-state index in [-0.39, 0.29) is 0 Å². The molecule has 1 fully saturated rings. The van der Waals surface area contributed by atoms with Crippen molar-refractivity contribution >= 4 is 11.9 Å². The summed E-state index contributed by atoms with van der Waals surface area (Å²) in [6.07, 6.45) is 14.0. The number of carbonyl (C=O) groups is 2. The maximum atomic E-state index is 12.2. The molecular weight excluding hydrogens is 240 g/mol. The van der Waals surface area contributed by atoms with Gasteiger partial charge in [-0.25, -0.2) is 0 Å². The molecular formula is C16H20O3. The van der Waals surface area contributed by atoms with E-state index in [1.165, 1.54) is 0 Å². The van der Waals surface area contributed by atoms with Gasteiger partial charge in [0.1, 0.15) is 10.8 Å². The van der Waals surface area contributed by atoms with Gasteiger partial charge in [-0.3, -0.25) is 9.59 Å². The quantitative estimate of drug-likeness (QED) is 0.442. The van der Waals surface area contributed by atoms with E-state index in [2.05, 4.69) is 0 Å². The molecule has 0 bridgehead atoms. The van der Waals surface area contributed by atoms with Crippen molar-refractivity contribution in [3.8, 4) is 0 Å². The summed E-state index contributed by atoms with van der Waals surface area (Å²) in [4.78, 5) is 24.5. The molecule has 19 heavy (non-hydrogen) atoms. The van der Waals surface area contributed by atoms with Crippen molar-refractivity contribution in [3.05, 3.63) is 48.6 Å². The first-order chi connectivity index (χ1) is 9.04. The number of ether oxygens (including phenoxy) is 1. The van der Waals surface area contributed by atoms with Gasteiger partial charge in [-0.1, -0.05) is 48.6 Å². The Morgan fingerprint density at radius 2 is 0.947 bits per heavy atom. The van der Waals surface area contributed by atoms with E-state index in [4.69, 9.17) is 4.74 Å². The fraction of sp³-hybridized carbons (Fsp3) is 0.375. The first-order valence-corrected chi connectivity index (χ1v) is 6.36. The molecule has 1 unspecified atom stereocenters. The Morgan fingerprint density at radius 1 is 0.684 bits per heavy atom. The lowest BCUT2D eigenvalue weighted by Gasteiger charge is -2.31. The second-order valence-electron chi connectivity index (χ2n) is 4.42. The van der Waals surface area contributed by atoms with Crippen LogP contribution in [-0.4, -0.2) is 11.9 Å². The normalized spacial score (nSPS) is 27.4. The average Bonchev–Trinajstić information content (AvgIpc) is 2.54. The van der Waals surface area contributed by atoms with Crippen LogP contribution in [0.15, 0.2) is 48.6 Å². The molecule has 0 aromatic rings. The summed E-state index contributed by atoms with van der Waals surface area (Å²) in [6.45, 7) is 7.27. The molecule has 1 heterocycles. The van der Waals surface area contributed by atoms with Crippen LogP contribution in [-0.2, 0) is 14.3 Å². The third-order valence-electron chi connectivity index (χ3n) is 3.26. The maximum absolute atomic E-state index is 12.2. The molecule has 0 radical (unpaired) electrons. The van der Waals surface area contributed by atoms with Gasteiger partial charge in [-0.2, -0.15) is 0 Å². The topological polar surface area (TPSA) is 43.4 Å². The van der Waals surface area contributed by atoms with E-state index in [0.29, 0.717) is 0 Å². The summed E-state index contributed by atoms with van der Waals surface area (Å²) < 4.78 is 4.92. The van der Waals surface area contributed by atoms with Crippen LogP contribution in [0.3, 0.4) is 0 Å². The van der Waals surface area contributed by atoms with Gasteiger partial charge >= 0.3 is 11.9 Å². The van der Waals surface area contributed by atoms with Crippen LogP contribution in [0, 0.1) is 10.8 Å². The van der Waals surface area contributed by atoms with Crippen molar-refractivity contribution < 1.29 is 14.3 Å². The fourth-order valence-corrected chi connectivity index (χ4v) is 2.58. The number of esters is 2. The van der Waals surface area contributed by atoms with Crippen molar-refractivity contribution in [1.82, 2.24) is 0 Å². The number of carbonyl (C=O) groups excluding carboxylic acids is 2. The smallest absolute Gasteiger partial charge is 0.329 e. The van der Waals surface area contributed by atoms with Crippen molar-refractivity contribution in [1.29, 1.82) is 0 Å². The van der Waals surface area contributed by atoms with Crippen molar-refractivity contribution in [3.63, 3.8) is 0 Å².